The van der Waals surface area contributed by atoms with Crippen molar-refractivity contribution in [1.29, 1.82) is 0 Å². The maximum absolute atomic E-state index is 12.6. The zero-order valence-corrected chi connectivity index (χ0v) is 13.0. The Balaban J connectivity index is 2.26. The monoisotopic (exact) mass is 312 g/mol. The molecule has 0 aliphatic carbocycles. The van der Waals surface area contributed by atoms with E-state index in [0.717, 1.165) is 0 Å². The molecule has 1 saturated heterocycles. The van der Waals surface area contributed by atoms with E-state index in [1.165, 1.54) is 16.4 Å². The van der Waals surface area contributed by atoms with Crippen LogP contribution in [0, 0.1) is 0 Å². The third kappa shape index (κ3) is 3.42. The van der Waals surface area contributed by atoms with E-state index in [1.54, 1.807) is 31.0 Å². The lowest BCUT2D eigenvalue weighted by molar-refractivity contribution is -0.129. The molecule has 1 amide bonds. The van der Waals surface area contributed by atoms with Crippen molar-refractivity contribution >= 4 is 15.9 Å². The fourth-order valence-corrected chi connectivity index (χ4v) is 3.66. The minimum Gasteiger partial charge on any atom is -0.389 e. The van der Waals surface area contributed by atoms with Gasteiger partial charge in [0.2, 0.25) is 15.9 Å². The molecule has 6 nitrogen and oxygen atoms in total. The van der Waals surface area contributed by atoms with E-state index in [9.17, 15) is 18.3 Å². The van der Waals surface area contributed by atoms with Crippen LogP contribution in [0.5, 0.6) is 0 Å². The van der Waals surface area contributed by atoms with E-state index in [-0.39, 0.29) is 17.3 Å². The summed E-state index contributed by atoms with van der Waals surface area (Å²) >= 11 is 0. The van der Waals surface area contributed by atoms with Crippen LogP contribution in [0.1, 0.15) is 25.0 Å². The van der Waals surface area contributed by atoms with Crippen LogP contribution in [0.15, 0.2) is 29.2 Å². The molecule has 1 N–H and O–H groups in total. The number of likely N-dealkylation sites (N-methyl/N-ethyl adjacent to an activating group) is 1. The van der Waals surface area contributed by atoms with E-state index >= 15 is 0 Å². The fraction of sp³-hybridized carbons (Fsp3) is 0.500. The molecule has 1 aliphatic heterocycles. The number of carbonyl (C=O) groups is 1. The van der Waals surface area contributed by atoms with Crippen molar-refractivity contribution in [3.63, 3.8) is 0 Å². The van der Waals surface area contributed by atoms with Crippen LogP contribution in [-0.4, -0.2) is 55.3 Å². The maximum atomic E-state index is 12.6. The minimum absolute atomic E-state index is 0.128. The van der Waals surface area contributed by atoms with Crippen LogP contribution in [0.3, 0.4) is 0 Å². The molecule has 0 aromatic heterocycles. The van der Waals surface area contributed by atoms with Crippen LogP contribution in [0.2, 0.25) is 0 Å². The Morgan fingerprint density at radius 3 is 2.38 bits per heavy atom. The largest absolute Gasteiger partial charge is 0.389 e. The van der Waals surface area contributed by atoms with Gasteiger partial charge in [-0.15, -0.1) is 0 Å². The topological polar surface area (TPSA) is 77.9 Å². The highest BCUT2D eigenvalue weighted by molar-refractivity contribution is 7.89. The Morgan fingerprint density at radius 2 is 1.81 bits per heavy atom. The van der Waals surface area contributed by atoms with Crippen molar-refractivity contribution in [2.75, 3.05) is 26.7 Å². The first-order valence-electron chi connectivity index (χ1n) is 6.84. The summed E-state index contributed by atoms with van der Waals surface area (Å²) in [6.07, 6.45) is -0.0251. The van der Waals surface area contributed by atoms with Gasteiger partial charge in [-0.3, -0.25) is 4.79 Å². The third-order valence-corrected chi connectivity index (χ3v) is 5.50. The van der Waals surface area contributed by atoms with Gasteiger partial charge in [0.1, 0.15) is 0 Å². The lowest BCUT2D eigenvalue weighted by Crippen LogP contribution is -2.38. The lowest BCUT2D eigenvalue weighted by Gasteiger charge is -2.19. The molecular weight excluding hydrogens is 292 g/mol. The van der Waals surface area contributed by atoms with Gasteiger partial charge in [-0.05, 0) is 31.0 Å². The molecule has 0 saturated carbocycles. The van der Waals surface area contributed by atoms with Gasteiger partial charge < -0.3 is 10.0 Å². The van der Waals surface area contributed by atoms with Gasteiger partial charge in [-0.25, -0.2) is 8.42 Å². The Bertz CT molecular complexity index is 610. The molecule has 1 heterocycles. The molecule has 1 fully saturated rings. The van der Waals surface area contributed by atoms with Crippen molar-refractivity contribution in [2.45, 2.75) is 24.3 Å². The molecule has 0 spiro atoms. The van der Waals surface area contributed by atoms with Crippen molar-refractivity contribution in [1.82, 2.24) is 9.21 Å². The van der Waals surface area contributed by atoms with Gasteiger partial charge in [0, 0.05) is 20.1 Å². The number of amides is 1. The number of aliphatic hydroxyl groups excluding tert-OH is 1. The number of benzene rings is 1. The second-order valence-electron chi connectivity index (χ2n) is 5.25. The summed E-state index contributed by atoms with van der Waals surface area (Å²) < 4.78 is 26.4. The molecule has 2 rings (SSSR count). The second-order valence-corrected chi connectivity index (χ2v) is 7.19. The van der Waals surface area contributed by atoms with Gasteiger partial charge in [0.15, 0.2) is 0 Å². The molecule has 1 atom stereocenters. The molecule has 1 aromatic carbocycles. The predicted octanol–water partition coefficient (Wildman–Crippen LogP) is 0.593. The smallest absolute Gasteiger partial charge is 0.243 e. The minimum atomic E-state index is -3.68. The number of nitrogens with zero attached hydrogens (tertiary/aromatic N) is 2. The Morgan fingerprint density at radius 1 is 1.19 bits per heavy atom. The summed E-state index contributed by atoms with van der Waals surface area (Å²) in [6.45, 7) is 2.38. The first-order valence-corrected chi connectivity index (χ1v) is 8.28. The molecule has 0 radical (unpaired) electrons. The molecule has 1 aromatic rings. The molecule has 7 heteroatoms. The number of sulfonamides is 1. The van der Waals surface area contributed by atoms with Crippen LogP contribution in [0.25, 0.3) is 0 Å². The maximum Gasteiger partial charge on any atom is 0.243 e. The SMILES string of the molecule is CC(O)c1ccc(S(=O)(=O)N2CCCN(C)C(=O)C2)cc1. The number of rotatable bonds is 3. The van der Waals surface area contributed by atoms with Gasteiger partial charge in [0.25, 0.3) is 0 Å². The summed E-state index contributed by atoms with van der Waals surface area (Å²) in [4.78, 5) is 13.5. The second kappa shape index (κ2) is 6.13. The summed E-state index contributed by atoms with van der Waals surface area (Å²) in [7, 11) is -2.00. The summed E-state index contributed by atoms with van der Waals surface area (Å²) in [6, 6.07) is 6.11. The third-order valence-electron chi connectivity index (χ3n) is 3.64. The summed E-state index contributed by atoms with van der Waals surface area (Å²) in [5.74, 6) is -0.198. The average molecular weight is 312 g/mol. The normalized spacial score (nSPS) is 19.4. The number of aliphatic hydroxyl groups is 1. The Hall–Kier alpha value is -1.44. The van der Waals surface area contributed by atoms with Gasteiger partial charge in [-0.2, -0.15) is 4.31 Å². The Kier molecular flexibility index (Phi) is 4.65. The molecular formula is C14H20N2O4S. The fourth-order valence-electron chi connectivity index (χ4n) is 2.23. The van der Waals surface area contributed by atoms with Gasteiger partial charge >= 0.3 is 0 Å². The Labute approximate surface area is 125 Å². The van der Waals surface area contributed by atoms with Crippen LogP contribution < -0.4 is 0 Å². The average Bonchev–Trinajstić information content (AvgIpc) is 2.61. The first kappa shape index (κ1) is 15.9. The highest BCUT2D eigenvalue weighted by Crippen LogP contribution is 2.20. The van der Waals surface area contributed by atoms with Crippen molar-refractivity contribution in [3.05, 3.63) is 29.8 Å². The van der Waals surface area contributed by atoms with E-state index < -0.39 is 16.1 Å². The van der Waals surface area contributed by atoms with Crippen molar-refractivity contribution in [2.24, 2.45) is 0 Å². The summed E-state index contributed by atoms with van der Waals surface area (Å²) in [5.41, 5.74) is 0.653. The predicted molar refractivity (Wildman–Crippen MR) is 78.1 cm³/mol. The van der Waals surface area contributed by atoms with Gasteiger partial charge in [-0.1, -0.05) is 12.1 Å². The van der Waals surface area contributed by atoms with Crippen molar-refractivity contribution in [3.8, 4) is 0 Å². The molecule has 1 unspecified atom stereocenters. The quantitative estimate of drug-likeness (QED) is 0.886. The summed E-state index contributed by atoms with van der Waals surface area (Å²) in [5, 5.41) is 9.46. The van der Waals surface area contributed by atoms with Crippen LogP contribution >= 0.6 is 0 Å². The van der Waals surface area contributed by atoms with Crippen LogP contribution in [0.4, 0.5) is 0 Å². The highest BCUT2D eigenvalue weighted by Gasteiger charge is 2.29. The molecule has 116 valence electrons. The molecule has 1 aliphatic rings. The number of carbonyl (C=O) groups excluding carboxylic acids is 1. The zero-order chi connectivity index (χ0) is 15.6. The number of hydrogen-bond acceptors (Lipinski definition) is 4. The molecule has 0 bridgehead atoms. The van der Waals surface area contributed by atoms with E-state index in [4.69, 9.17) is 0 Å². The van der Waals surface area contributed by atoms with E-state index in [2.05, 4.69) is 0 Å². The lowest BCUT2D eigenvalue weighted by atomic mass is 10.1. The first-order chi connectivity index (χ1) is 9.82. The standard InChI is InChI=1S/C14H20N2O4S/c1-11(17)12-4-6-13(7-5-12)21(19,20)16-9-3-8-15(2)14(18)10-16/h4-7,11,17H,3,8-10H2,1-2H3. The van der Waals surface area contributed by atoms with Gasteiger partial charge in [0.05, 0.1) is 17.5 Å². The zero-order valence-electron chi connectivity index (χ0n) is 12.2. The number of hydrogen-bond donors (Lipinski definition) is 1. The van der Waals surface area contributed by atoms with Crippen LogP contribution in [-0.2, 0) is 14.8 Å². The van der Waals surface area contributed by atoms with E-state index in [1.807, 2.05) is 0 Å². The molecule has 21 heavy (non-hydrogen) atoms. The van der Waals surface area contributed by atoms with Crippen molar-refractivity contribution < 1.29 is 18.3 Å². The van der Waals surface area contributed by atoms with E-state index in [0.29, 0.717) is 25.1 Å². The highest BCUT2D eigenvalue weighted by atomic mass is 32.2.